The van der Waals surface area contributed by atoms with E-state index in [9.17, 15) is 14.7 Å². The zero-order valence-electron chi connectivity index (χ0n) is 12.6. The summed E-state index contributed by atoms with van der Waals surface area (Å²) in [5.41, 5.74) is 7.16. The number of rotatable bonds is 6. The van der Waals surface area contributed by atoms with Gasteiger partial charge in [-0.05, 0) is 30.4 Å². The first-order valence-electron chi connectivity index (χ1n) is 7.75. The number of hydrogen-bond acceptors (Lipinski definition) is 3. The van der Waals surface area contributed by atoms with Crippen LogP contribution in [-0.4, -0.2) is 22.2 Å². The Morgan fingerprint density at radius 1 is 1.09 bits per heavy atom. The Hall–Kier alpha value is -1.88. The molecule has 1 aromatic carbocycles. The van der Waals surface area contributed by atoms with E-state index < -0.39 is 23.4 Å². The summed E-state index contributed by atoms with van der Waals surface area (Å²) in [6, 6.07) is 6.83. The molecule has 1 atom stereocenters. The van der Waals surface area contributed by atoms with Crippen LogP contribution in [0.3, 0.4) is 0 Å². The molecular formula is C17H23NO4. The lowest BCUT2D eigenvalue weighted by Gasteiger charge is -2.38. The van der Waals surface area contributed by atoms with Crippen molar-refractivity contribution in [2.45, 2.75) is 51.0 Å². The van der Waals surface area contributed by atoms with Gasteiger partial charge < -0.3 is 15.9 Å². The topological polar surface area (TPSA) is 101 Å². The fourth-order valence-electron chi connectivity index (χ4n) is 3.30. The van der Waals surface area contributed by atoms with Crippen LogP contribution in [0.1, 0.15) is 55.7 Å². The summed E-state index contributed by atoms with van der Waals surface area (Å²) in [6.07, 6.45) is 4.65. The molecule has 0 saturated heterocycles. The third-order valence-corrected chi connectivity index (χ3v) is 4.73. The van der Waals surface area contributed by atoms with E-state index in [4.69, 9.17) is 10.8 Å². The molecular weight excluding hydrogens is 282 g/mol. The molecule has 1 aliphatic carbocycles. The first-order valence-corrected chi connectivity index (χ1v) is 7.75. The number of benzene rings is 1. The van der Waals surface area contributed by atoms with Crippen molar-refractivity contribution < 1.29 is 19.8 Å². The Kier molecular flexibility index (Phi) is 5.19. The van der Waals surface area contributed by atoms with Crippen LogP contribution in [0.2, 0.25) is 0 Å². The predicted octanol–water partition coefficient (Wildman–Crippen LogP) is 2.74. The summed E-state index contributed by atoms with van der Waals surface area (Å²) in [6.45, 7) is 0. The summed E-state index contributed by atoms with van der Waals surface area (Å²) in [4.78, 5) is 22.4. The molecule has 22 heavy (non-hydrogen) atoms. The van der Waals surface area contributed by atoms with E-state index in [-0.39, 0.29) is 6.42 Å². The number of carbonyl (C=O) groups is 2. The van der Waals surface area contributed by atoms with E-state index in [0.717, 1.165) is 30.4 Å². The highest BCUT2D eigenvalue weighted by Gasteiger charge is 2.45. The lowest BCUT2D eigenvalue weighted by molar-refractivity contribution is -0.153. The number of carboxylic acids is 2. The minimum absolute atomic E-state index is 0.0878. The van der Waals surface area contributed by atoms with Crippen LogP contribution in [-0.2, 0) is 16.0 Å². The highest BCUT2D eigenvalue weighted by molar-refractivity contribution is 5.76. The minimum Gasteiger partial charge on any atom is -0.481 e. The van der Waals surface area contributed by atoms with Crippen LogP contribution in [0.4, 0.5) is 0 Å². The van der Waals surface area contributed by atoms with Gasteiger partial charge in [0.15, 0.2) is 0 Å². The van der Waals surface area contributed by atoms with Crippen molar-refractivity contribution in [3.63, 3.8) is 0 Å². The van der Waals surface area contributed by atoms with Gasteiger partial charge in [0.1, 0.15) is 0 Å². The zero-order chi connectivity index (χ0) is 16.2. The molecule has 0 radical (unpaired) electrons. The molecule has 1 aromatic rings. The van der Waals surface area contributed by atoms with Gasteiger partial charge in [0, 0.05) is 12.5 Å². The molecule has 2 rings (SSSR count). The second-order valence-corrected chi connectivity index (χ2v) is 6.13. The molecule has 0 aromatic heterocycles. The first-order chi connectivity index (χ1) is 10.5. The van der Waals surface area contributed by atoms with Crippen LogP contribution < -0.4 is 5.73 Å². The average molecular weight is 305 g/mol. The molecule has 0 amide bonds. The third kappa shape index (κ3) is 3.47. The van der Waals surface area contributed by atoms with Gasteiger partial charge in [0.25, 0.3) is 0 Å². The SMILES string of the molecule is NC(c1ccc(CCC(=O)O)cc1)C1(C(=O)O)CCCCC1. The molecule has 4 N–H and O–H groups in total. The maximum atomic E-state index is 11.8. The maximum Gasteiger partial charge on any atom is 0.311 e. The Bertz CT molecular complexity index is 532. The van der Waals surface area contributed by atoms with Crippen molar-refractivity contribution in [1.29, 1.82) is 0 Å². The second kappa shape index (κ2) is 6.92. The van der Waals surface area contributed by atoms with Crippen LogP contribution in [0.15, 0.2) is 24.3 Å². The Morgan fingerprint density at radius 3 is 2.18 bits per heavy atom. The number of carboxylic acid groups (broad SMARTS) is 2. The second-order valence-electron chi connectivity index (χ2n) is 6.13. The van der Waals surface area contributed by atoms with Crippen molar-refractivity contribution in [3.05, 3.63) is 35.4 Å². The van der Waals surface area contributed by atoms with Gasteiger partial charge in [0.2, 0.25) is 0 Å². The van der Waals surface area contributed by atoms with Crippen molar-refractivity contribution in [2.24, 2.45) is 11.1 Å². The van der Waals surface area contributed by atoms with E-state index >= 15 is 0 Å². The fraction of sp³-hybridized carbons (Fsp3) is 0.529. The number of aliphatic carboxylic acids is 2. The van der Waals surface area contributed by atoms with Crippen molar-refractivity contribution in [2.75, 3.05) is 0 Å². The molecule has 1 saturated carbocycles. The molecule has 1 aliphatic rings. The summed E-state index contributed by atoms with van der Waals surface area (Å²) >= 11 is 0. The normalized spacial score (nSPS) is 18.6. The highest BCUT2D eigenvalue weighted by atomic mass is 16.4. The first kappa shape index (κ1) is 16.5. The van der Waals surface area contributed by atoms with Crippen molar-refractivity contribution in [3.8, 4) is 0 Å². The molecule has 1 unspecified atom stereocenters. The van der Waals surface area contributed by atoms with Gasteiger partial charge in [-0.2, -0.15) is 0 Å². The summed E-state index contributed by atoms with van der Waals surface area (Å²) in [7, 11) is 0. The van der Waals surface area contributed by atoms with Gasteiger partial charge >= 0.3 is 11.9 Å². The van der Waals surface area contributed by atoms with E-state index in [1.54, 1.807) is 0 Å². The minimum atomic E-state index is -0.874. The van der Waals surface area contributed by atoms with E-state index in [1.807, 2.05) is 24.3 Å². The zero-order valence-corrected chi connectivity index (χ0v) is 12.6. The van der Waals surface area contributed by atoms with Crippen LogP contribution in [0.25, 0.3) is 0 Å². The van der Waals surface area contributed by atoms with Crippen LogP contribution >= 0.6 is 0 Å². The molecule has 120 valence electrons. The van der Waals surface area contributed by atoms with Crippen LogP contribution in [0.5, 0.6) is 0 Å². The van der Waals surface area contributed by atoms with Gasteiger partial charge in [0.05, 0.1) is 5.41 Å². The Balaban J connectivity index is 2.15. The lowest BCUT2D eigenvalue weighted by atomic mass is 9.67. The fourth-order valence-corrected chi connectivity index (χ4v) is 3.30. The molecule has 5 nitrogen and oxygen atoms in total. The molecule has 0 heterocycles. The highest BCUT2D eigenvalue weighted by Crippen LogP contribution is 2.45. The summed E-state index contributed by atoms with van der Waals surface area (Å²) in [5.74, 6) is -1.64. The van der Waals surface area contributed by atoms with Gasteiger partial charge in [-0.15, -0.1) is 0 Å². The van der Waals surface area contributed by atoms with Gasteiger partial charge in [-0.1, -0.05) is 43.5 Å². The molecule has 0 aliphatic heterocycles. The average Bonchev–Trinajstić information content (AvgIpc) is 2.53. The molecule has 1 fully saturated rings. The van der Waals surface area contributed by atoms with Gasteiger partial charge in [-0.25, -0.2) is 0 Å². The monoisotopic (exact) mass is 305 g/mol. The van der Waals surface area contributed by atoms with E-state index in [0.29, 0.717) is 19.3 Å². The Labute approximate surface area is 130 Å². The third-order valence-electron chi connectivity index (χ3n) is 4.73. The molecule has 0 bridgehead atoms. The van der Waals surface area contributed by atoms with Crippen LogP contribution in [0, 0.1) is 5.41 Å². The van der Waals surface area contributed by atoms with E-state index in [1.165, 1.54) is 0 Å². The number of hydrogen-bond donors (Lipinski definition) is 3. The Morgan fingerprint density at radius 2 is 1.68 bits per heavy atom. The maximum absolute atomic E-state index is 11.8. The van der Waals surface area contributed by atoms with Crippen molar-refractivity contribution in [1.82, 2.24) is 0 Å². The standard InChI is InChI=1S/C17H23NO4/c18-15(17(16(21)22)10-2-1-3-11-17)13-7-4-12(5-8-13)6-9-14(19)20/h4-5,7-8,15H,1-3,6,9-11,18H2,(H,19,20)(H,21,22). The van der Waals surface area contributed by atoms with Crippen molar-refractivity contribution >= 4 is 11.9 Å². The largest absolute Gasteiger partial charge is 0.481 e. The summed E-state index contributed by atoms with van der Waals surface area (Å²) < 4.78 is 0. The van der Waals surface area contributed by atoms with E-state index in [2.05, 4.69) is 0 Å². The predicted molar refractivity (Wildman–Crippen MR) is 82.5 cm³/mol. The quantitative estimate of drug-likeness (QED) is 0.750. The number of aryl methyl sites for hydroxylation is 1. The summed E-state index contributed by atoms with van der Waals surface area (Å²) in [5, 5.41) is 18.4. The molecule has 0 spiro atoms. The van der Waals surface area contributed by atoms with Gasteiger partial charge in [-0.3, -0.25) is 9.59 Å². The lowest BCUT2D eigenvalue weighted by Crippen LogP contribution is -2.43. The smallest absolute Gasteiger partial charge is 0.311 e. The number of nitrogens with two attached hydrogens (primary N) is 1. The molecule has 5 heteroatoms.